The van der Waals surface area contributed by atoms with E-state index in [0.29, 0.717) is 0 Å². The number of rotatable bonds is 5. The maximum atomic E-state index is 12.8. The summed E-state index contributed by atoms with van der Waals surface area (Å²) in [6.45, 7) is 21.8. The quantitative estimate of drug-likeness (QED) is 0.565. The van der Waals surface area contributed by atoms with Gasteiger partial charge in [-0.3, -0.25) is 14.4 Å². The Bertz CT molecular complexity index is 628. The van der Waals surface area contributed by atoms with E-state index in [1.807, 2.05) is 6.07 Å². The minimum Gasteiger partial charge on any atom is -0.281 e. The van der Waals surface area contributed by atoms with Crippen molar-refractivity contribution < 1.29 is 34.1 Å². The normalized spacial score (nSPS) is 11.8. The molecule has 0 bridgehead atoms. The average Bonchev–Trinajstić information content (AvgIpc) is 3.17. The van der Waals surface area contributed by atoms with Crippen LogP contribution >= 0.6 is 0 Å². The predicted molar refractivity (Wildman–Crippen MR) is 97.8 cm³/mol. The summed E-state index contributed by atoms with van der Waals surface area (Å²) < 4.78 is 1.02. The molecule has 0 atom stereocenters. The van der Waals surface area contributed by atoms with Crippen molar-refractivity contribution in [3.8, 4) is 0 Å². The van der Waals surface area contributed by atoms with Crippen LogP contribution in [0, 0.1) is 6.92 Å². The van der Waals surface area contributed by atoms with E-state index in [2.05, 4.69) is 78.4 Å². The largest absolute Gasteiger partial charge is 0.281 e. The molecule has 0 saturated carbocycles. The van der Waals surface area contributed by atoms with Crippen LogP contribution in [0.15, 0.2) is 40.9 Å². The smallest absolute Gasteiger partial charge is 0.281 e. The van der Waals surface area contributed by atoms with E-state index in [4.69, 9.17) is 14.4 Å². The predicted octanol–water partition coefficient (Wildman–Crippen LogP) is 3.67. The summed E-state index contributed by atoms with van der Waals surface area (Å²) in [5, 5.41) is 0. The maximum absolute atomic E-state index is 12.8. The van der Waals surface area contributed by atoms with E-state index in [1.165, 1.54) is 15.6 Å². The van der Waals surface area contributed by atoms with Crippen molar-refractivity contribution in [2.24, 2.45) is 0 Å². The van der Waals surface area contributed by atoms with Crippen molar-refractivity contribution in [1.82, 2.24) is 0 Å². The minimum atomic E-state index is -0.337. The molecule has 0 saturated heterocycles. The van der Waals surface area contributed by atoms with Crippen LogP contribution in [0.5, 0.6) is 0 Å². The van der Waals surface area contributed by atoms with Gasteiger partial charge in [-0.2, -0.15) is 0 Å². The van der Waals surface area contributed by atoms with Gasteiger partial charge in [0, 0.05) is 0 Å². The van der Waals surface area contributed by atoms with Crippen LogP contribution in [0.1, 0.15) is 48.7 Å². The van der Waals surface area contributed by atoms with Crippen LogP contribution in [0.3, 0.4) is 0 Å². The van der Waals surface area contributed by atoms with Crippen molar-refractivity contribution in [2.45, 2.75) is 44.9 Å². The van der Waals surface area contributed by atoms with Gasteiger partial charge in [0.2, 0.25) is 0 Å². The Kier molecular flexibility index (Phi) is 14.2. The summed E-state index contributed by atoms with van der Waals surface area (Å²) in [6, 6.07) is 6.23. The topological polar surface area (TPSA) is 68.3 Å². The Hall–Kier alpha value is -2.10. The number of carbonyl (C=O) groups excluding carboxylic acids is 4. The molecule has 26 heavy (non-hydrogen) atoms. The van der Waals surface area contributed by atoms with Crippen molar-refractivity contribution in [2.75, 3.05) is 0 Å². The third-order valence-electron chi connectivity index (χ3n) is 3.39. The van der Waals surface area contributed by atoms with Gasteiger partial charge in [-0.15, -0.1) is 0 Å². The number of Topliss-reactive ketones (excluding diaryl/α,β-unsaturated/α-hetero) is 1. The monoisotopic (exact) mass is 394 g/mol. The second-order valence-electron chi connectivity index (χ2n) is 5.65. The van der Waals surface area contributed by atoms with Gasteiger partial charge < -0.3 is 0 Å². The molecule has 1 aliphatic carbocycles. The van der Waals surface area contributed by atoms with Gasteiger partial charge >= 0.3 is 128 Å². The summed E-state index contributed by atoms with van der Waals surface area (Å²) in [4.78, 5) is 35.3. The van der Waals surface area contributed by atoms with Gasteiger partial charge in [0.15, 0.2) is 0 Å². The fourth-order valence-electron chi connectivity index (χ4n) is 2.34. The first-order valence-corrected chi connectivity index (χ1v) is 8.78. The summed E-state index contributed by atoms with van der Waals surface area (Å²) in [7, 11) is 0. The number of hydrogen-bond donors (Lipinski definition) is 0. The molecule has 0 unspecified atom stereocenters. The van der Waals surface area contributed by atoms with Crippen LogP contribution < -0.4 is 0 Å². The summed E-state index contributed by atoms with van der Waals surface area (Å²) in [6.07, 6.45) is 8.33. The first-order valence-electron chi connectivity index (χ1n) is 7.68. The molecule has 0 heterocycles. The molecule has 4 nitrogen and oxygen atoms in total. The van der Waals surface area contributed by atoms with Crippen LogP contribution in [0.25, 0.3) is 0 Å². The van der Waals surface area contributed by atoms with Crippen LogP contribution in [0.4, 0.5) is 0 Å². The number of ketones is 1. The van der Waals surface area contributed by atoms with Crippen molar-refractivity contribution in [1.29, 1.82) is 0 Å². The van der Waals surface area contributed by atoms with Gasteiger partial charge in [0.1, 0.15) is 0 Å². The Balaban J connectivity index is 0. The molecule has 1 aromatic rings. The van der Waals surface area contributed by atoms with Crippen molar-refractivity contribution >= 4 is 26.2 Å². The molecule has 1 aromatic carbocycles. The zero-order valence-electron chi connectivity index (χ0n) is 15.4. The van der Waals surface area contributed by atoms with Gasteiger partial charge in [-0.25, -0.2) is 0 Å². The fraction of sp³-hybridized carbons (Fsp3) is 0.333. The Morgan fingerprint density at radius 2 is 1.65 bits per heavy atom. The SMILES string of the molecule is CCc1cc(C)cc(C(=O)[C](C)(C)[Fe][C]2=CC=CC2)c1.[C]=O.[C]=O.[C]=O. The Labute approximate surface area is 162 Å². The van der Waals surface area contributed by atoms with Crippen LogP contribution in [0.2, 0.25) is 4.31 Å². The number of hydrogen-bond acceptors (Lipinski definition) is 4. The second-order valence-corrected chi connectivity index (χ2v) is 8.02. The zero-order chi connectivity index (χ0) is 20.8. The number of carbonyl (C=O) groups is 1. The number of benzene rings is 1. The van der Waals surface area contributed by atoms with Crippen molar-refractivity contribution in [3.05, 3.63) is 57.6 Å². The molecule has 5 heteroatoms. The molecule has 0 amide bonds. The molecule has 138 valence electrons. The molecule has 0 aromatic heterocycles. The summed E-state index contributed by atoms with van der Waals surface area (Å²) >= 11 is 0.842. The van der Waals surface area contributed by atoms with Gasteiger partial charge in [0.25, 0.3) is 20.4 Å². The second kappa shape index (κ2) is 14.1. The standard InChI is InChI=1S/C13H17O.C5H5.3CO.Fe/c1-5-11-6-10(4)7-12(8-11)13(14)9(2)3;1-2-4-5-3-1;3*1-2;/h6-8H,5H2,1-4H3;1-3H,4H2;;;;. The molecule has 2 rings (SSSR count). The molecule has 1 aliphatic rings. The first kappa shape index (κ1) is 26.1. The fourth-order valence-corrected chi connectivity index (χ4v) is 3.96. The molecule has 6 radical (unpaired) electrons. The van der Waals surface area contributed by atoms with E-state index < -0.39 is 0 Å². The molecular weight excluding hydrogens is 372 g/mol. The Morgan fingerprint density at radius 1 is 1.08 bits per heavy atom. The van der Waals surface area contributed by atoms with E-state index in [0.717, 1.165) is 33.4 Å². The minimum absolute atomic E-state index is 0.253. The van der Waals surface area contributed by atoms with Gasteiger partial charge in [0.05, 0.1) is 0 Å². The van der Waals surface area contributed by atoms with E-state index in [-0.39, 0.29) is 10.1 Å². The van der Waals surface area contributed by atoms with E-state index in [1.54, 1.807) is 0 Å². The summed E-state index contributed by atoms with van der Waals surface area (Å²) in [5.74, 6) is 0.253. The maximum Gasteiger partial charge on any atom is 0.281 e. The molecule has 0 N–H and O–H groups in total. The zero-order valence-corrected chi connectivity index (χ0v) is 16.5. The van der Waals surface area contributed by atoms with Crippen LogP contribution in [-0.4, -0.2) is 26.2 Å². The first-order chi connectivity index (χ1) is 12.4. The third-order valence-corrected chi connectivity index (χ3v) is 5.10. The third kappa shape index (κ3) is 8.32. The van der Waals surface area contributed by atoms with Crippen molar-refractivity contribution in [3.63, 3.8) is 0 Å². The number of allylic oxidation sites excluding steroid dienone is 4. The van der Waals surface area contributed by atoms with E-state index >= 15 is 0 Å². The van der Waals surface area contributed by atoms with E-state index in [9.17, 15) is 4.79 Å². The average molecular weight is 394 g/mol. The summed E-state index contributed by atoms with van der Waals surface area (Å²) in [5.41, 5.74) is 3.27. The van der Waals surface area contributed by atoms with Gasteiger partial charge in [-0.1, -0.05) is 0 Å². The molecule has 0 spiro atoms. The Morgan fingerprint density at radius 3 is 2.12 bits per heavy atom. The number of aryl methyl sites for hydroxylation is 2. The molecular formula is C21H22FeO4. The van der Waals surface area contributed by atoms with Crippen LogP contribution in [-0.2, 0) is 35.8 Å². The molecule has 0 aliphatic heterocycles. The molecule has 0 fully saturated rings. The van der Waals surface area contributed by atoms with Gasteiger partial charge in [-0.05, 0) is 0 Å².